The number of para-hydroxylation sites is 3. The Morgan fingerprint density at radius 3 is 2.53 bits per heavy atom. The number of hydrogen-bond donors (Lipinski definition) is 0. The third-order valence-corrected chi connectivity index (χ3v) is 5.51. The van der Waals surface area contributed by atoms with Gasteiger partial charge in [0, 0.05) is 12.1 Å². The molecule has 0 spiro atoms. The van der Waals surface area contributed by atoms with Gasteiger partial charge in [0.2, 0.25) is 0 Å². The molecule has 0 fully saturated rings. The van der Waals surface area contributed by atoms with E-state index < -0.39 is 0 Å². The van der Waals surface area contributed by atoms with Crippen LogP contribution in [0.2, 0.25) is 0 Å². The van der Waals surface area contributed by atoms with Crippen LogP contribution in [0.5, 0.6) is 5.75 Å². The lowest BCUT2D eigenvalue weighted by Gasteiger charge is -2.14. The molecular formula is C27H30N2O. The molecule has 0 N–H and O–H groups in total. The lowest BCUT2D eigenvalue weighted by molar-refractivity contribution is 0.299. The van der Waals surface area contributed by atoms with Crippen LogP contribution in [0, 0.1) is 6.92 Å². The second-order valence-corrected chi connectivity index (χ2v) is 8.19. The maximum absolute atomic E-state index is 6.11. The van der Waals surface area contributed by atoms with Gasteiger partial charge in [0.1, 0.15) is 11.6 Å². The molecule has 0 bridgehead atoms. The standard InChI is InChI=1S/C27H30N2O/c1-20(2)23-13-4-7-16-26(23)30-18-9-8-17-29-25-15-6-5-14-24(25)28-27(29)22-12-10-11-21(3)19-22/h4-7,10-16,19-20H,8-9,17-18H2,1-3H3. The van der Waals surface area contributed by atoms with Crippen LogP contribution in [0.4, 0.5) is 0 Å². The van der Waals surface area contributed by atoms with Gasteiger partial charge in [0.25, 0.3) is 0 Å². The molecule has 0 aliphatic rings. The average Bonchev–Trinajstić information content (AvgIpc) is 3.12. The number of nitrogens with zero attached hydrogens (tertiary/aromatic N) is 2. The molecule has 1 aromatic heterocycles. The lowest BCUT2D eigenvalue weighted by Crippen LogP contribution is -2.05. The Hall–Kier alpha value is -3.07. The van der Waals surface area contributed by atoms with E-state index in [1.807, 2.05) is 6.07 Å². The van der Waals surface area contributed by atoms with Crippen LogP contribution in [0.1, 0.15) is 43.7 Å². The van der Waals surface area contributed by atoms with Gasteiger partial charge in [-0.1, -0.05) is 67.9 Å². The van der Waals surface area contributed by atoms with Gasteiger partial charge >= 0.3 is 0 Å². The van der Waals surface area contributed by atoms with Crippen LogP contribution in [0.25, 0.3) is 22.4 Å². The molecule has 4 rings (SSSR count). The van der Waals surface area contributed by atoms with E-state index in [0.29, 0.717) is 5.92 Å². The summed E-state index contributed by atoms with van der Waals surface area (Å²) in [6, 6.07) is 25.4. The highest BCUT2D eigenvalue weighted by Crippen LogP contribution is 2.27. The van der Waals surface area contributed by atoms with Crippen molar-refractivity contribution in [2.75, 3.05) is 6.61 Å². The minimum Gasteiger partial charge on any atom is -0.493 e. The van der Waals surface area contributed by atoms with Crippen molar-refractivity contribution in [3.05, 3.63) is 83.9 Å². The van der Waals surface area contributed by atoms with Gasteiger partial charge in [-0.05, 0) is 55.5 Å². The predicted molar refractivity (Wildman–Crippen MR) is 125 cm³/mol. The molecule has 0 aliphatic carbocycles. The van der Waals surface area contributed by atoms with Crippen molar-refractivity contribution in [1.29, 1.82) is 0 Å². The van der Waals surface area contributed by atoms with E-state index in [0.717, 1.165) is 43.1 Å². The number of aromatic nitrogens is 2. The summed E-state index contributed by atoms with van der Waals surface area (Å²) in [7, 11) is 0. The Kier molecular flexibility index (Phi) is 6.18. The van der Waals surface area contributed by atoms with Crippen molar-refractivity contribution in [2.45, 2.75) is 46.1 Å². The Morgan fingerprint density at radius 1 is 0.900 bits per heavy atom. The van der Waals surface area contributed by atoms with E-state index >= 15 is 0 Å². The normalized spacial score (nSPS) is 11.3. The number of unbranched alkanes of at least 4 members (excludes halogenated alkanes) is 1. The number of hydrogen-bond acceptors (Lipinski definition) is 2. The molecule has 30 heavy (non-hydrogen) atoms. The van der Waals surface area contributed by atoms with E-state index in [1.165, 1.54) is 22.2 Å². The van der Waals surface area contributed by atoms with Crippen LogP contribution < -0.4 is 4.74 Å². The summed E-state index contributed by atoms with van der Waals surface area (Å²) in [6.45, 7) is 8.20. The highest BCUT2D eigenvalue weighted by Gasteiger charge is 2.12. The van der Waals surface area contributed by atoms with Crippen molar-refractivity contribution in [3.63, 3.8) is 0 Å². The summed E-state index contributed by atoms with van der Waals surface area (Å²) in [4.78, 5) is 4.93. The average molecular weight is 399 g/mol. The van der Waals surface area contributed by atoms with Gasteiger partial charge in [-0.2, -0.15) is 0 Å². The second-order valence-electron chi connectivity index (χ2n) is 8.19. The Labute approximate surface area is 179 Å². The van der Waals surface area contributed by atoms with Gasteiger partial charge in [0.05, 0.1) is 17.6 Å². The monoisotopic (exact) mass is 398 g/mol. The van der Waals surface area contributed by atoms with Gasteiger partial charge in [-0.15, -0.1) is 0 Å². The molecule has 0 radical (unpaired) electrons. The van der Waals surface area contributed by atoms with Crippen LogP contribution in [-0.2, 0) is 6.54 Å². The number of imidazole rings is 1. The SMILES string of the molecule is Cc1cccc(-c2nc3ccccc3n2CCCCOc2ccccc2C(C)C)c1. The van der Waals surface area contributed by atoms with Crippen LogP contribution in [0.3, 0.4) is 0 Å². The fraction of sp³-hybridized carbons (Fsp3) is 0.296. The fourth-order valence-electron chi connectivity index (χ4n) is 3.95. The highest BCUT2D eigenvalue weighted by molar-refractivity contribution is 5.80. The van der Waals surface area contributed by atoms with Crippen molar-refractivity contribution < 1.29 is 4.74 Å². The van der Waals surface area contributed by atoms with Crippen LogP contribution in [-0.4, -0.2) is 16.2 Å². The topological polar surface area (TPSA) is 27.1 Å². The summed E-state index contributed by atoms with van der Waals surface area (Å²) >= 11 is 0. The quantitative estimate of drug-likeness (QED) is 0.299. The zero-order valence-corrected chi connectivity index (χ0v) is 18.1. The third-order valence-electron chi connectivity index (χ3n) is 5.51. The maximum atomic E-state index is 6.11. The number of aryl methyl sites for hydroxylation is 2. The first-order valence-electron chi connectivity index (χ1n) is 10.9. The molecule has 0 saturated heterocycles. The molecule has 1 heterocycles. The van der Waals surface area contributed by atoms with E-state index in [9.17, 15) is 0 Å². The first-order valence-corrected chi connectivity index (χ1v) is 10.9. The minimum absolute atomic E-state index is 0.468. The van der Waals surface area contributed by atoms with Crippen molar-refractivity contribution in [2.24, 2.45) is 0 Å². The summed E-state index contributed by atoms with van der Waals surface area (Å²) in [5.41, 5.74) is 5.95. The van der Waals surface area contributed by atoms with E-state index in [4.69, 9.17) is 9.72 Å². The largest absolute Gasteiger partial charge is 0.493 e. The first kappa shape index (κ1) is 20.2. The van der Waals surface area contributed by atoms with E-state index in [-0.39, 0.29) is 0 Å². The second kappa shape index (κ2) is 9.17. The highest BCUT2D eigenvalue weighted by atomic mass is 16.5. The summed E-state index contributed by atoms with van der Waals surface area (Å²) in [5, 5.41) is 0. The molecule has 0 amide bonds. The molecule has 4 aromatic rings. The van der Waals surface area contributed by atoms with Gasteiger partial charge < -0.3 is 9.30 Å². The zero-order valence-electron chi connectivity index (χ0n) is 18.1. The van der Waals surface area contributed by atoms with Gasteiger partial charge in [-0.25, -0.2) is 4.98 Å². The molecule has 0 atom stereocenters. The number of benzene rings is 3. The lowest BCUT2D eigenvalue weighted by atomic mass is 10.0. The fourth-order valence-corrected chi connectivity index (χ4v) is 3.95. The Morgan fingerprint density at radius 2 is 1.70 bits per heavy atom. The maximum Gasteiger partial charge on any atom is 0.141 e. The minimum atomic E-state index is 0.468. The zero-order chi connectivity index (χ0) is 20.9. The molecular weight excluding hydrogens is 368 g/mol. The van der Waals surface area contributed by atoms with Gasteiger partial charge in [-0.3, -0.25) is 0 Å². The molecule has 0 saturated carbocycles. The molecule has 154 valence electrons. The van der Waals surface area contributed by atoms with Gasteiger partial charge in [0.15, 0.2) is 0 Å². The molecule has 3 nitrogen and oxygen atoms in total. The first-order chi connectivity index (χ1) is 14.6. The Balaban J connectivity index is 1.46. The molecule has 3 heteroatoms. The Bertz CT molecular complexity index is 1130. The third kappa shape index (κ3) is 4.40. The number of ether oxygens (including phenoxy) is 1. The number of fused-ring (bicyclic) bond motifs is 1. The van der Waals surface area contributed by atoms with Crippen LogP contribution in [0.15, 0.2) is 72.8 Å². The molecule has 3 aromatic carbocycles. The van der Waals surface area contributed by atoms with E-state index in [2.05, 4.69) is 92.1 Å². The summed E-state index contributed by atoms with van der Waals surface area (Å²) < 4.78 is 8.46. The smallest absolute Gasteiger partial charge is 0.141 e. The van der Waals surface area contributed by atoms with Crippen molar-refractivity contribution in [3.8, 4) is 17.1 Å². The summed E-state index contributed by atoms with van der Waals surface area (Å²) in [5.74, 6) is 2.53. The van der Waals surface area contributed by atoms with Crippen molar-refractivity contribution in [1.82, 2.24) is 9.55 Å². The summed E-state index contributed by atoms with van der Waals surface area (Å²) in [6.07, 6.45) is 2.05. The van der Waals surface area contributed by atoms with Crippen LogP contribution >= 0.6 is 0 Å². The predicted octanol–water partition coefficient (Wildman–Crippen LogP) is 6.99. The van der Waals surface area contributed by atoms with Crippen molar-refractivity contribution >= 4 is 11.0 Å². The number of rotatable bonds is 8. The van der Waals surface area contributed by atoms with E-state index in [1.54, 1.807) is 0 Å². The molecule has 0 unspecified atom stereocenters. The molecule has 0 aliphatic heterocycles.